The van der Waals surface area contributed by atoms with Crippen molar-refractivity contribution >= 4 is 0 Å². The fourth-order valence-corrected chi connectivity index (χ4v) is 2.70. The van der Waals surface area contributed by atoms with E-state index in [1.165, 1.54) is 11.1 Å². The summed E-state index contributed by atoms with van der Waals surface area (Å²) in [5.74, 6) is 1.38. The highest BCUT2D eigenvalue weighted by Gasteiger charge is 2.19. The Morgan fingerprint density at radius 3 is 2.37 bits per heavy atom. The Morgan fingerprint density at radius 2 is 1.89 bits per heavy atom. The lowest BCUT2D eigenvalue weighted by Crippen LogP contribution is -2.38. The zero-order valence-corrected chi connectivity index (χ0v) is 13.0. The third-order valence-electron chi connectivity index (χ3n) is 3.64. The van der Waals surface area contributed by atoms with E-state index in [0.29, 0.717) is 5.92 Å². The van der Waals surface area contributed by atoms with Gasteiger partial charge in [0.05, 0.1) is 13.7 Å². The number of likely N-dealkylation sites (N-methyl/N-ethyl adjacent to an activating group) is 1. The van der Waals surface area contributed by atoms with Crippen molar-refractivity contribution in [3.8, 4) is 5.75 Å². The van der Waals surface area contributed by atoms with Crippen LogP contribution in [0.3, 0.4) is 0 Å². The SMILES string of the molecule is COc1c(C)cc(C)cc1CN(C)C(CO)C(C)C. The van der Waals surface area contributed by atoms with Crippen molar-refractivity contribution < 1.29 is 9.84 Å². The number of benzene rings is 1. The lowest BCUT2D eigenvalue weighted by molar-refractivity contribution is 0.107. The molecule has 0 amide bonds. The van der Waals surface area contributed by atoms with E-state index in [0.717, 1.165) is 17.9 Å². The third kappa shape index (κ3) is 3.95. The first kappa shape index (κ1) is 16.0. The van der Waals surface area contributed by atoms with E-state index in [1.807, 2.05) is 0 Å². The van der Waals surface area contributed by atoms with E-state index in [2.05, 4.69) is 51.8 Å². The minimum absolute atomic E-state index is 0.172. The second-order valence-electron chi connectivity index (χ2n) is 5.68. The van der Waals surface area contributed by atoms with Gasteiger partial charge >= 0.3 is 0 Å². The molecule has 0 bridgehead atoms. The molecule has 0 saturated heterocycles. The summed E-state index contributed by atoms with van der Waals surface area (Å²) in [6.45, 7) is 9.41. The standard InChI is InChI=1S/C16H27NO2/c1-11(2)15(10-18)17(5)9-14-8-12(3)7-13(4)16(14)19-6/h7-8,11,15,18H,9-10H2,1-6H3. The van der Waals surface area contributed by atoms with Gasteiger partial charge in [0.2, 0.25) is 0 Å². The topological polar surface area (TPSA) is 32.7 Å². The second-order valence-corrected chi connectivity index (χ2v) is 5.68. The summed E-state index contributed by atoms with van der Waals surface area (Å²) in [6.07, 6.45) is 0. The Bertz CT molecular complexity index is 415. The van der Waals surface area contributed by atoms with Crippen LogP contribution in [0.15, 0.2) is 12.1 Å². The Balaban J connectivity index is 2.98. The maximum atomic E-state index is 9.51. The van der Waals surface area contributed by atoms with Crippen molar-refractivity contribution in [2.45, 2.75) is 40.3 Å². The Kier molecular flexibility index (Phi) is 5.83. The van der Waals surface area contributed by atoms with Gasteiger partial charge in [-0.3, -0.25) is 4.90 Å². The number of hydrogen-bond acceptors (Lipinski definition) is 3. The van der Waals surface area contributed by atoms with Crippen LogP contribution in [-0.4, -0.2) is 36.8 Å². The first-order valence-corrected chi connectivity index (χ1v) is 6.85. The Hall–Kier alpha value is -1.06. The van der Waals surface area contributed by atoms with Gasteiger partial charge in [0.25, 0.3) is 0 Å². The van der Waals surface area contributed by atoms with Gasteiger partial charge in [0, 0.05) is 18.2 Å². The molecule has 0 fully saturated rings. The van der Waals surface area contributed by atoms with Crippen molar-refractivity contribution in [3.63, 3.8) is 0 Å². The number of aryl methyl sites for hydroxylation is 2. The van der Waals surface area contributed by atoms with Crippen LogP contribution in [0.1, 0.15) is 30.5 Å². The molecule has 0 aliphatic carbocycles. The molecule has 108 valence electrons. The zero-order chi connectivity index (χ0) is 14.6. The summed E-state index contributed by atoms with van der Waals surface area (Å²) in [4.78, 5) is 2.20. The monoisotopic (exact) mass is 265 g/mol. The van der Waals surface area contributed by atoms with Crippen LogP contribution < -0.4 is 4.74 Å². The fourth-order valence-electron chi connectivity index (χ4n) is 2.70. The molecule has 1 unspecified atom stereocenters. The highest BCUT2D eigenvalue weighted by Crippen LogP contribution is 2.27. The van der Waals surface area contributed by atoms with E-state index in [1.54, 1.807) is 7.11 Å². The number of rotatable bonds is 6. The fraction of sp³-hybridized carbons (Fsp3) is 0.625. The molecule has 0 aromatic heterocycles. The highest BCUT2D eigenvalue weighted by molar-refractivity contribution is 5.43. The van der Waals surface area contributed by atoms with E-state index >= 15 is 0 Å². The lowest BCUT2D eigenvalue weighted by Gasteiger charge is -2.30. The van der Waals surface area contributed by atoms with Crippen LogP contribution in [0.2, 0.25) is 0 Å². The molecule has 1 atom stereocenters. The molecule has 3 nitrogen and oxygen atoms in total. The number of nitrogens with zero attached hydrogens (tertiary/aromatic N) is 1. The lowest BCUT2D eigenvalue weighted by atomic mass is 10.0. The minimum atomic E-state index is 0.172. The number of aliphatic hydroxyl groups is 1. The largest absolute Gasteiger partial charge is 0.496 e. The summed E-state index contributed by atoms with van der Waals surface area (Å²) in [6, 6.07) is 4.47. The smallest absolute Gasteiger partial charge is 0.126 e. The van der Waals surface area contributed by atoms with Gasteiger partial charge in [0.15, 0.2) is 0 Å². The molecule has 1 N–H and O–H groups in total. The predicted octanol–water partition coefficient (Wildman–Crippen LogP) is 2.76. The van der Waals surface area contributed by atoms with Crippen LogP contribution in [0, 0.1) is 19.8 Å². The normalized spacial score (nSPS) is 13.1. The van der Waals surface area contributed by atoms with Gasteiger partial charge in [-0.1, -0.05) is 31.5 Å². The predicted molar refractivity (Wildman–Crippen MR) is 79.6 cm³/mol. The van der Waals surface area contributed by atoms with Gasteiger partial charge in [0.1, 0.15) is 5.75 Å². The number of ether oxygens (including phenoxy) is 1. The molecule has 19 heavy (non-hydrogen) atoms. The minimum Gasteiger partial charge on any atom is -0.496 e. The highest BCUT2D eigenvalue weighted by atomic mass is 16.5. The molecule has 1 aromatic rings. The van der Waals surface area contributed by atoms with Crippen LogP contribution >= 0.6 is 0 Å². The van der Waals surface area contributed by atoms with E-state index < -0.39 is 0 Å². The molecular formula is C16H27NO2. The first-order chi connectivity index (χ1) is 8.90. The van der Waals surface area contributed by atoms with Crippen molar-refractivity contribution in [1.82, 2.24) is 4.90 Å². The summed E-state index contributed by atoms with van der Waals surface area (Å²) in [5, 5.41) is 9.51. The van der Waals surface area contributed by atoms with Crippen LogP contribution in [0.25, 0.3) is 0 Å². The van der Waals surface area contributed by atoms with Gasteiger partial charge < -0.3 is 9.84 Å². The van der Waals surface area contributed by atoms with Gasteiger partial charge in [-0.25, -0.2) is 0 Å². The average molecular weight is 265 g/mol. The van der Waals surface area contributed by atoms with Gasteiger partial charge in [-0.2, -0.15) is 0 Å². The van der Waals surface area contributed by atoms with Crippen molar-refractivity contribution in [3.05, 3.63) is 28.8 Å². The van der Waals surface area contributed by atoms with Crippen molar-refractivity contribution in [1.29, 1.82) is 0 Å². The quantitative estimate of drug-likeness (QED) is 0.858. The summed E-state index contributed by atoms with van der Waals surface area (Å²) < 4.78 is 5.52. The van der Waals surface area contributed by atoms with Crippen LogP contribution in [0.5, 0.6) is 5.75 Å². The summed E-state index contributed by atoms with van der Waals surface area (Å²) >= 11 is 0. The Labute approximate surface area is 117 Å². The van der Waals surface area contributed by atoms with E-state index in [9.17, 15) is 5.11 Å². The molecule has 0 aliphatic heterocycles. The second kappa shape index (κ2) is 6.92. The number of aliphatic hydroxyl groups excluding tert-OH is 1. The Morgan fingerprint density at radius 1 is 1.26 bits per heavy atom. The molecule has 1 aromatic carbocycles. The van der Waals surface area contributed by atoms with E-state index in [4.69, 9.17) is 4.74 Å². The van der Waals surface area contributed by atoms with Crippen molar-refractivity contribution in [2.75, 3.05) is 20.8 Å². The molecule has 0 heterocycles. The molecule has 0 aliphatic rings. The van der Waals surface area contributed by atoms with Crippen LogP contribution in [-0.2, 0) is 6.54 Å². The van der Waals surface area contributed by atoms with Crippen LogP contribution in [0.4, 0.5) is 0 Å². The molecule has 0 saturated carbocycles. The maximum absolute atomic E-state index is 9.51. The molecule has 0 radical (unpaired) electrons. The average Bonchev–Trinajstić information content (AvgIpc) is 2.28. The summed E-state index contributed by atoms with van der Waals surface area (Å²) in [5.41, 5.74) is 3.59. The van der Waals surface area contributed by atoms with Gasteiger partial charge in [-0.05, 0) is 32.4 Å². The molecule has 1 rings (SSSR count). The van der Waals surface area contributed by atoms with E-state index in [-0.39, 0.29) is 12.6 Å². The molecular weight excluding hydrogens is 238 g/mol. The summed E-state index contributed by atoms with van der Waals surface area (Å²) in [7, 11) is 3.77. The zero-order valence-electron chi connectivity index (χ0n) is 13.0. The molecule has 3 heteroatoms. The third-order valence-corrected chi connectivity index (χ3v) is 3.64. The number of methoxy groups -OCH3 is 1. The molecule has 0 spiro atoms. The first-order valence-electron chi connectivity index (χ1n) is 6.85. The maximum Gasteiger partial charge on any atom is 0.126 e. The number of hydrogen-bond donors (Lipinski definition) is 1. The van der Waals surface area contributed by atoms with Crippen molar-refractivity contribution in [2.24, 2.45) is 5.92 Å². The van der Waals surface area contributed by atoms with Gasteiger partial charge in [-0.15, -0.1) is 0 Å².